The molecular formula is C35H45N3O. The molecule has 2 unspecified atom stereocenters. The van der Waals surface area contributed by atoms with Gasteiger partial charge in [-0.3, -0.25) is 9.69 Å². The number of benzene rings is 3. The maximum Gasteiger partial charge on any atom is 0.223 e. The number of carbonyl (C=O) groups excluding carboxylic acids is 1. The SMILES string of the molecule is Cc1ccccc1C(CC(=O)N1CCC(CN2CC(C)NC(C)C2)(c2ccccc2)CC1)c1ccccc1C. The van der Waals surface area contributed by atoms with Gasteiger partial charge in [0.2, 0.25) is 5.91 Å². The highest BCUT2D eigenvalue weighted by atomic mass is 16.2. The van der Waals surface area contributed by atoms with E-state index < -0.39 is 0 Å². The van der Waals surface area contributed by atoms with E-state index in [4.69, 9.17) is 0 Å². The highest BCUT2D eigenvalue weighted by Crippen LogP contribution is 2.38. The van der Waals surface area contributed by atoms with Gasteiger partial charge in [-0.05, 0) is 68.4 Å². The van der Waals surface area contributed by atoms with E-state index in [2.05, 4.69) is 122 Å². The molecule has 2 fully saturated rings. The number of hydrogen-bond acceptors (Lipinski definition) is 3. The molecule has 0 saturated carbocycles. The van der Waals surface area contributed by atoms with Gasteiger partial charge >= 0.3 is 0 Å². The van der Waals surface area contributed by atoms with Crippen LogP contribution in [0.3, 0.4) is 0 Å². The van der Waals surface area contributed by atoms with Crippen molar-refractivity contribution in [3.63, 3.8) is 0 Å². The molecule has 0 bridgehead atoms. The zero-order chi connectivity index (χ0) is 27.4. The topological polar surface area (TPSA) is 35.6 Å². The van der Waals surface area contributed by atoms with Gasteiger partial charge in [0, 0.05) is 62.6 Å². The van der Waals surface area contributed by atoms with Crippen LogP contribution in [0.15, 0.2) is 78.9 Å². The standard InChI is InChI=1S/C35H45N3O/c1-26-12-8-10-16-31(26)33(32-17-11-9-13-27(32)2)22-34(39)38-20-18-35(19-21-38,30-14-6-5-7-15-30)25-37-23-28(3)36-29(4)24-37/h5-17,28-29,33,36H,18-25H2,1-4H3. The summed E-state index contributed by atoms with van der Waals surface area (Å²) in [7, 11) is 0. The average molecular weight is 524 g/mol. The summed E-state index contributed by atoms with van der Waals surface area (Å²) in [6, 6.07) is 29.2. The molecule has 2 saturated heterocycles. The van der Waals surface area contributed by atoms with Crippen LogP contribution in [-0.2, 0) is 10.2 Å². The van der Waals surface area contributed by atoms with E-state index in [0.717, 1.165) is 45.6 Å². The Hall–Kier alpha value is -2.95. The van der Waals surface area contributed by atoms with E-state index in [1.165, 1.54) is 27.8 Å². The lowest BCUT2D eigenvalue weighted by Crippen LogP contribution is -2.58. The molecule has 0 spiro atoms. The van der Waals surface area contributed by atoms with Crippen molar-refractivity contribution < 1.29 is 4.79 Å². The Bertz CT molecular complexity index is 1190. The number of piperazine rings is 1. The molecule has 2 aliphatic rings. The first-order valence-electron chi connectivity index (χ1n) is 14.8. The fraction of sp³-hybridized carbons (Fsp3) is 0.457. The fourth-order valence-electron chi connectivity index (χ4n) is 7.16. The minimum Gasteiger partial charge on any atom is -0.343 e. The fourth-order valence-corrected chi connectivity index (χ4v) is 7.16. The van der Waals surface area contributed by atoms with Gasteiger partial charge in [-0.25, -0.2) is 0 Å². The molecule has 0 aromatic heterocycles. The first-order chi connectivity index (χ1) is 18.8. The second-order valence-corrected chi connectivity index (χ2v) is 12.2. The Kier molecular flexibility index (Phi) is 8.54. The maximum absolute atomic E-state index is 13.9. The van der Waals surface area contributed by atoms with Crippen LogP contribution < -0.4 is 5.32 Å². The molecule has 1 amide bonds. The van der Waals surface area contributed by atoms with E-state index in [-0.39, 0.29) is 17.2 Å². The van der Waals surface area contributed by atoms with Gasteiger partial charge in [0.1, 0.15) is 0 Å². The van der Waals surface area contributed by atoms with Gasteiger partial charge in [0.25, 0.3) is 0 Å². The number of rotatable bonds is 7. The third-order valence-electron chi connectivity index (χ3n) is 9.13. The van der Waals surface area contributed by atoms with Gasteiger partial charge in [0.15, 0.2) is 0 Å². The van der Waals surface area contributed by atoms with Gasteiger partial charge in [-0.15, -0.1) is 0 Å². The molecule has 3 aromatic carbocycles. The number of aryl methyl sites for hydroxylation is 2. The van der Waals surface area contributed by atoms with Crippen molar-refractivity contribution in [3.05, 3.63) is 107 Å². The number of nitrogens with one attached hydrogen (secondary N) is 1. The van der Waals surface area contributed by atoms with E-state index in [9.17, 15) is 4.79 Å². The van der Waals surface area contributed by atoms with Gasteiger partial charge in [-0.2, -0.15) is 0 Å². The molecule has 4 nitrogen and oxygen atoms in total. The van der Waals surface area contributed by atoms with Crippen molar-refractivity contribution in [3.8, 4) is 0 Å². The van der Waals surface area contributed by atoms with Crippen LogP contribution in [-0.4, -0.2) is 60.5 Å². The predicted molar refractivity (Wildman–Crippen MR) is 161 cm³/mol. The van der Waals surface area contributed by atoms with Gasteiger partial charge < -0.3 is 10.2 Å². The molecule has 206 valence electrons. The average Bonchev–Trinajstić information content (AvgIpc) is 2.93. The van der Waals surface area contributed by atoms with E-state index in [1.807, 2.05) is 0 Å². The normalized spacial score (nSPS) is 21.7. The quantitative estimate of drug-likeness (QED) is 0.408. The summed E-state index contributed by atoms with van der Waals surface area (Å²) in [6.45, 7) is 13.8. The molecule has 0 aliphatic carbocycles. The summed E-state index contributed by atoms with van der Waals surface area (Å²) in [6.07, 6.45) is 2.53. The van der Waals surface area contributed by atoms with Crippen molar-refractivity contribution in [1.82, 2.24) is 15.1 Å². The van der Waals surface area contributed by atoms with Crippen molar-refractivity contribution in [2.45, 2.75) is 70.4 Å². The summed E-state index contributed by atoms with van der Waals surface area (Å²) in [5, 5.41) is 3.68. The number of amides is 1. The number of piperidine rings is 1. The first kappa shape index (κ1) is 27.6. The second-order valence-electron chi connectivity index (χ2n) is 12.2. The van der Waals surface area contributed by atoms with Crippen LogP contribution in [0.5, 0.6) is 0 Å². The maximum atomic E-state index is 13.9. The number of nitrogens with zero attached hydrogens (tertiary/aromatic N) is 2. The third-order valence-corrected chi connectivity index (χ3v) is 9.13. The molecule has 0 radical (unpaired) electrons. The number of hydrogen-bond donors (Lipinski definition) is 1. The van der Waals surface area contributed by atoms with Crippen LogP contribution in [0.2, 0.25) is 0 Å². The third kappa shape index (κ3) is 6.28. The smallest absolute Gasteiger partial charge is 0.223 e. The molecule has 2 heterocycles. The van der Waals surface area contributed by atoms with Crippen LogP contribution in [0.4, 0.5) is 0 Å². The Labute approximate surface area is 235 Å². The zero-order valence-corrected chi connectivity index (χ0v) is 24.2. The molecule has 4 heteroatoms. The Morgan fingerprint density at radius 2 is 1.33 bits per heavy atom. The predicted octanol–water partition coefficient (Wildman–Crippen LogP) is 6.07. The van der Waals surface area contributed by atoms with Crippen LogP contribution >= 0.6 is 0 Å². The van der Waals surface area contributed by atoms with E-state index in [0.29, 0.717) is 18.5 Å². The molecule has 5 rings (SSSR count). The van der Waals surface area contributed by atoms with Crippen LogP contribution in [0, 0.1) is 13.8 Å². The highest BCUT2D eigenvalue weighted by Gasteiger charge is 2.40. The summed E-state index contributed by atoms with van der Waals surface area (Å²) >= 11 is 0. The minimum atomic E-state index is 0.0736. The van der Waals surface area contributed by atoms with Crippen LogP contribution in [0.25, 0.3) is 0 Å². The van der Waals surface area contributed by atoms with E-state index >= 15 is 0 Å². The molecule has 3 aromatic rings. The lowest BCUT2D eigenvalue weighted by molar-refractivity contribution is -0.133. The summed E-state index contributed by atoms with van der Waals surface area (Å²) in [4.78, 5) is 18.7. The number of carbonyl (C=O) groups is 1. The van der Waals surface area contributed by atoms with Crippen LogP contribution in [0.1, 0.15) is 66.8 Å². The highest BCUT2D eigenvalue weighted by molar-refractivity contribution is 5.78. The molecule has 2 aliphatic heterocycles. The zero-order valence-electron chi connectivity index (χ0n) is 24.2. The molecule has 39 heavy (non-hydrogen) atoms. The summed E-state index contributed by atoms with van der Waals surface area (Å²) < 4.78 is 0. The summed E-state index contributed by atoms with van der Waals surface area (Å²) in [5.74, 6) is 0.349. The minimum absolute atomic E-state index is 0.0736. The van der Waals surface area contributed by atoms with Gasteiger partial charge in [0.05, 0.1) is 0 Å². The second kappa shape index (κ2) is 12.1. The monoisotopic (exact) mass is 523 g/mol. The Morgan fingerprint density at radius 3 is 1.87 bits per heavy atom. The van der Waals surface area contributed by atoms with Crippen molar-refractivity contribution >= 4 is 5.91 Å². The Balaban J connectivity index is 1.34. The molecule has 2 atom stereocenters. The van der Waals surface area contributed by atoms with E-state index in [1.54, 1.807) is 0 Å². The van der Waals surface area contributed by atoms with Crippen molar-refractivity contribution in [2.75, 3.05) is 32.7 Å². The number of likely N-dealkylation sites (tertiary alicyclic amines) is 1. The lowest BCUT2D eigenvalue weighted by atomic mass is 9.72. The lowest BCUT2D eigenvalue weighted by Gasteiger charge is -2.47. The summed E-state index contributed by atoms with van der Waals surface area (Å²) in [5.41, 5.74) is 6.53. The molecule has 1 N–H and O–H groups in total. The first-order valence-corrected chi connectivity index (χ1v) is 14.8. The Morgan fingerprint density at radius 1 is 0.821 bits per heavy atom. The molecular weight excluding hydrogens is 478 g/mol. The van der Waals surface area contributed by atoms with Crippen molar-refractivity contribution in [2.24, 2.45) is 0 Å². The van der Waals surface area contributed by atoms with Crippen molar-refractivity contribution in [1.29, 1.82) is 0 Å². The van der Waals surface area contributed by atoms with Gasteiger partial charge in [-0.1, -0.05) is 78.9 Å². The largest absolute Gasteiger partial charge is 0.343 e.